The molecule has 1 atom stereocenters. The van der Waals surface area contributed by atoms with Crippen LogP contribution in [0.2, 0.25) is 0 Å². The quantitative estimate of drug-likeness (QED) is 0.802. The van der Waals surface area contributed by atoms with E-state index in [2.05, 4.69) is 13.0 Å². The molecule has 0 spiro atoms. The second-order valence-electron chi connectivity index (χ2n) is 4.13. The molecule has 0 bridgehead atoms. The second kappa shape index (κ2) is 4.11. The van der Waals surface area contributed by atoms with Crippen molar-refractivity contribution in [2.75, 3.05) is 13.2 Å². The van der Waals surface area contributed by atoms with E-state index < -0.39 is 0 Å². The third kappa shape index (κ3) is 2.23. The van der Waals surface area contributed by atoms with Crippen LogP contribution in [-0.4, -0.2) is 19.3 Å². The molecule has 0 aliphatic carbocycles. The van der Waals surface area contributed by atoms with Crippen LogP contribution in [0.1, 0.15) is 18.1 Å². The van der Waals surface area contributed by atoms with Gasteiger partial charge in [-0.3, -0.25) is 0 Å². The van der Waals surface area contributed by atoms with Gasteiger partial charge in [-0.05, 0) is 37.5 Å². The Morgan fingerprint density at radius 1 is 1.33 bits per heavy atom. The summed E-state index contributed by atoms with van der Waals surface area (Å²) in [6, 6.07) is 4.28. The molecule has 0 fully saturated rings. The van der Waals surface area contributed by atoms with Crippen molar-refractivity contribution in [3.8, 4) is 11.5 Å². The Hall–Kier alpha value is -1.22. The van der Waals surface area contributed by atoms with E-state index in [4.69, 9.17) is 15.2 Å². The summed E-state index contributed by atoms with van der Waals surface area (Å²) in [5, 5.41) is 0. The first-order valence-corrected chi connectivity index (χ1v) is 5.31. The predicted octanol–water partition coefficient (Wildman–Crippen LogP) is 1.66. The summed E-state index contributed by atoms with van der Waals surface area (Å²) >= 11 is 0. The van der Waals surface area contributed by atoms with Gasteiger partial charge < -0.3 is 15.2 Å². The molecule has 0 saturated heterocycles. The average molecular weight is 207 g/mol. The number of ether oxygens (including phenoxy) is 2. The van der Waals surface area contributed by atoms with Crippen LogP contribution in [0.5, 0.6) is 11.5 Å². The van der Waals surface area contributed by atoms with E-state index in [0.29, 0.717) is 13.2 Å². The van der Waals surface area contributed by atoms with Crippen molar-refractivity contribution in [2.24, 2.45) is 5.73 Å². The van der Waals surface area contributed by atoms with E-state index in [9.17, 15) is 0 Å². The molecule has 3 nitrogen and oxygen atoms in total. The molecule has 1 aliphatic rings. The number of hydrogen-bond donors (Lipinski definition) is 1. The summed E-state index contributed by atoms with van der Waals surface area (Å²) < 4.78 is 11.2. The van der Waals surface area contributed by atoms with Crippen LogP contribution in [0, 0.1) is 6.92 Å². The van der Waals surface area contributed by atoms with Crippen molar-refractivity contribution in [2.45, 2.75) is 26.3 Å². The summed E-state index contributed by atoms with van der Waals surface area (Å²) in [4.78, 5) is 0. The maximum absolute atomic E-state index is 5.81. The van der Waals surface area contributed by atoms with Crippen LogP contribution >= 0.6 is 0 Å². The smallest absolute Gasteiger partial charge is 0.164 e. The molecule has 82 valence electrons. The van der Waals surface area contributed by atoms with Crippen LogP contribution in [0.25, 0.3) is 0 Å². The number of nitrogens with two attached hydrogens (primary N) is 1. The van der Waals surface area contributed by atoms with Crippen molar-refractivity contribution >= 4 is 0 Å². The maximum Gasteiger partial charge on any atom is 0.164 e. The Balaban J connectivity index is 2.38. The largest absolute Gasteiger partial charge is 0.486 e. The normalized spacial score (nSPS) is 16.2. The topological polar surface area (TPSA) is 44.5 Å². The van der Waals surface area contributed by atoms with Gasteiger partial charge in [0.1, 0.15) is 13.2 Å². The molecule has 1 aromatic carbocycles. The van der Waals surface area contributed by atoms with Gasteiger partial charge in [0.15, 0.2) is 11.5 Å². The van der Waals surface area contributed by atoms with Gasteiger partial charge in [-0.15, -0.1) is 0 Å². The summed E-state index contributed by atoms with van der Waals surface area (Å²) in [5.74, 6) is 1.74. The lowest BCUT2D eigenvalue weighted by Gasteiger charge is -2.22. The molecule has 2 N–H and O–H groups in total. The molecule has 1 aromatic rings. The highest BCUT2D eigenvalue weighted by Gasteiger charge is 2.17. The molecule has 1 aliphatic heterocycles. The minimum absolute atomic E-state index is 0.140. The zero-order valence-corrected chi connectivity index (χ0v) is 9.25. The summed E-state index contributed by atoms with van der Waals surface area (Å²) in [5.41, 5.74) is 8.15. The van der Waals surface area contributed by atoms with Crippen LogP contribution in [0.4, 0.5) is 0 Å². The molecule has 3 heteroatoms. The third-order valence-corrected chi connectivity index (χ3v) is 2.41. The van der Waals surface area contributed by atoms with E-state index in [1.165, 1.54) is 5.56 Å². The van der Waals surface area contributed by atoms with Crippen LogP contribution in [-0.2, 0) is 6.42 Å². The SMILES string of the molecule is Cc1cc(CC(C)N)c2c(c1)OCCO2. The summed E-state index contributed by atoms with van der Waals surface area (Å²) in [6.45, 7) is 5.32. The van der Waals surface area contributed by atoms with Gasteiger partial charge in [0.25, 0.3) is 0 Å². The van der Waals surface area contributed by atoms with E-state index >= 15 is 0 Å². The van der Waals surface area contributed by atoms with Gasteiger partial charge in [0.2, 0.25) is 0 Å². The number of benzene rings is 1. The molecular weight excluding hydrogens is 190 g/mol. The van der Waals surface area contributed by atoms with Crippen LogP contribution < -0.4 is 15.2 Å². The van der Waals surface area contributed by atoms with E-state index in [1.54, 1.807) is 0 Å². The zero-order valence-electron chi connectivity index (χ0n) is 9.25. The third-order valence-electron chi connectivity index (χ3n) is 2.41. The van der Waals surface area contributed by atoms with Gasteiger partial charge >= 0.3 is 0 Å². The van der Waals surface area contributed by atoms with Crippen molar-refractivity contribution in [3.63, 3.8) is 0 Å². The molecule has 1 heterocycles. The van der Waals surface area contributed by atoms with E-state index in [1.807, 2.05) is 13.0 Å². The molecule has 2 rings (SSSR count). The number of fused-ring (bicyclic) bond motifs is 1. The first kappa shape index (κ1) is 10.3. The molecular formula is C12H17NO2. The van der Waals surface area contributed by atoms with Gasteiger partial charge in [-0.2, -0.15) is 0 Å². The summed E-state index contributed by atoms with van der Waals surface area (Å²) in [6.07, 6.45) is 0.827. The predicted molar refractivity (Wildman–Crippen MR) is 59.5 cm³/mol. The highest BCUT2D eigenvalue weighted by atomic mass is 16.6. The second-order valence-corrected chi connectivity index (χ2v) is 4.13. The van der Waals surface area contributed by atoms with E-state index in [0.717, 1.165) is 23.5 Å². The van der Waals surface area contributed by atoms with Crippen molar-refractivity contribution in [1.82, 2.24) is 0 Å². The first-order chi connectivity index (χ1) is 7.16. The Morgan fingerprint density at radius 3 is 2.80 bits per heavy atom. The van der Waals surface area contributed by atoms with Gasteiger partial charge in [0, 0.05) is 6.04 Å². The molecule has 0 amide bonds. The molecule has 0 aromatic heterocycles. The highest BCUT2D eigenvalue weighted by Crippen LogP contribution is 2.35. The van der Waals surface area contributed by atoms with Gasteiger partial charge in [0.05, 0.1) is 0 Å². The Kier molecular flexibility index (Phi) is 2.82. The first-order valence-electron chi connectivity index (χ1n) is 5.31. The average Bonchev–Trinajstić information content (AvgIpc) is 2.16. The molecule has 15 heavy (non-hydrogen) atoms. The summed E-state index contributed by atoms with van der Waals surface area (Å²) in [7, 11) is 0. The van der Waals surface area contributed by atoms with Gasteiger partial charge in [-0.1, -0.05) is 6.07 Å². The highest BCUT2D eigenvalue weighted by molar-refractivity contribution is 5.50. The Labute approximate surface area is 90.2 Å². The van der Waals surface area contributed by atoms with Gasteiger partial charge in [-0.25, -0.2) is 0 Å². The minimum Gasteiger partial charge on any atom is -0.486 e. The minimum atomic E-state index is 0.140. The molecule has 0 radical (unpaired) electrons. The number of rotatable bonds is 2. The molecule has 0 saturated carbocycles. The van der Waals surface area contributed by atoms with Crippen LogP contribution in [0.15, 0.2) is 12.1 Å². The number of hydrogen-bond acceptors (Lipinski definition) is 3. The van der Waals surface area contributed by atoms with Crippen molar-refractivity contribution < 1.29 is 9.47 Å². The van der Waals surface area contributed by atoms with Crippen LogP contribution in [0.3, 0.4) is 0 Å². The zero-order chi connectivity index (χ0) is 10.8. The fraction of sp³-hybridized carbons (Fsp3) is 0.500. The fourth-order valence-corrected chi connectivity index (χ4v) is 1.88. The Bertz CT molecular complexity index is 361. The lowest BCUT2D eigenvalue weighted by atomic mass is 10.0. The lowest BCUT2D eigenvalue weighted by Crippen LogP contribution is -2.21. The molecule has 1 unspecified atom stereocenters. The standard InChI is InChI=1S/C12H17NO2/c1-8-5-10(7-9(2)13)12-11(6-8)14-3-4-15-12/h5-6,9H,3-4,7,13H2,1-2H3. The Morgan fingerprint density at radius 2 is 2.07 bits per heavy atom. The van der Waals surface area contributed by atoms with E-state index in [-0.39, 0.29) is 6.04 Å². The van der Waals surface area contributed by atoms with Crippen molar-refractivity contribution in [1.29, 1.82) is 0 Å². The maximum atomic E-state index is 5.81. The fourth-order valence-electron chi connectivity index (χ4n) is 1.88. The monoisotopic (exact) mass is 207 g/mol. The number of aryl methyl sites for hydroxylation is 1. The lowest BCUT2D eigenvalue weighted by molar-refractivity contribution is 0.169. The van der Waals surface area contributed by atoms with Crippen molar-refractivity contribution in [3.05, 3.63) is 23.3 Å².